The summed E-state index contributed by atoms with van der Waals surface area (Å²) in [6.07, 6.45) is 2.42. The summed E-state index contributed by atoms with van der Waals surface area (Å²) in [4.78, 5) is 2.19. The van der Waals surface area contributed by atoms with Gasteiger partial charge in [0.05, 0.1) is 5.69 Å². The van der Waals surface area contributed by atoms with E-state index in [0.717, 1.165) is 18.8 Å². The molecule has 3 heteroatoms. The third-order valence-corrected chi connectivity index (χ3v) is 2.62. The molecule has 1 fully saturated rings. The summed E-state index contributed by atoms with van der Waals surface area (Å²) < 4.78 is 0. The van der Waals surface area contributed by atoms with Gasteiger partial charge in [0.1, 0.15) is 5.75 Å². The van der Waals surface area contributed by atoms with Gasteiger partial charge in [-0.1, -0.05) is 11.6 Å². The van der Waals surface area contributed by atoms with E-state index in [2.05, 4.69) is 4.90 Å². The molecule has 70 valence electrons. The number of nitrogens with zero attached hydrogens (tertiary/aromatic N) is 1. The number of aromatic hydroxyl groups is 1. The Morgan fingerprint density at radius 1 is 1.23 bits per heavy atom. The normalized spacial score (nSPS) is 16.5. The molecule has 1 N–H and O–H groups in total. The van der Waals surface area contributed by atoms with Crippen LogP contribution in [-0.2, 0) is 0 Å². The second-order valence-electron chi connectivity index (χ2n) is 3.33. The minimum Gasteiger partial charge on any atom is -0.506 e. The second-order valence-corrected chi connectivity index (χ2v) is 3.76. The molecule has 13 heavy (non-hydrogen) atoms. The number of phenols is 1. The van der Waals surface area contributed by atoms with Gasteiger partial charge in [-0.05, 0) is 25.0 Å². The molecule has 1 aliphatic rings. The molecule has 1 aromatic carbocycles. The predicted molar refractivity (Wildman–Crippen MR) is 54.6 cm³/mol. The maximum Gasteiger partial charge on any atom is 0.140 e. The molecule has 0 bridgehead atoms. The fourth-order valence-corrected chi connectivity index (χ4v) is 1.89. The molecule has 1 aromatic rings. The zero-order valence-corrected chi connectivity index (χ0v) is 8.09. The number of hydrogen-bond donors (Lipinski definition) is 1. The van der Waals surface area contributed by atoms with Crippen molar-refractivity contribution < 1.29 is 5.11 Å². The van der Waals surface area contributed by atoms with Gasteiger partial charge in [-0.15, -0.1) is 0 Å². The average Bonchev–Trinajstić information content (AvgIpc) is 2.56. The minimum absolute atomic E-state index is 0.286. The van der Waals surface area contributed by atoms with Crippen molar-refractivity contribution >= 4 is 17.3 Å². The quantitative estimate of drug-likeness (QED) is 0.748. The lowest BCUT2D eigenvalue weighted by Gasteiger charge is -2.18. The van der Waals surface area contributed by atoms with Crippen molar-refractivity contribution in [2.75, 3.05) is 18.0 Å². The molecule has 0 unspecified atom stereocenters. The number of anilines is 1. The lowest BCUT2D eigenvalue weighted by Crippen LogP contribution is -2.17. The molecule has 0 spiro atoms. The van der Waals surface area contributed by atoms with Gasteiger partial charge in [-0.25, -0.2) is 0 Å². The largest absolute Gasteiger partial charge is 0.506 e. The van der Waals surface area contributed by atoms with E-state index >= 15 is 0 Å². The maximum absolute atomic E-state index is 9.63. The van der Waals surface area contributed by atoms with E-state index in [4.69, 9.17) is 11.6 Å². The lowest BCUT2D eigenvalue weighted by atomic mass is 10.2. The molecule has 2 nitrogen and oxygen atoms in total. The summed E-state index contributed by atoms with van der Waals surface area (Å²) in [5.41, 5.74) is 0.905. The third kappa shape index (κ3) is 1.73. The van der Waals surface area contributed by atoms with E-state index in [1.54, 1.807) is 6.07 Å². The van der Waals surface area contributed by atoms with Crippen molar-refractivity contribution in [2.45, 2.75) is 12.8 Å². The molecular formula is C10H12ClNO. The van der Waals surface area contributed by atoms with Crippen molar-refractivity contribution in [3.63, 3.8) is 0 Å². The van der Waals surface area contributed by atoms with Crippen LogP contribution < -0.4 is 4.90 Å². The Morgan fingerprint density at radius 2 is 1.92 bits per heavy atom. The molecular weight excluding hydrogens is 186 g/mol. The van der Waals surface area contributed by atoms with Crippen LogP contribution in [0.25, 0.3) is 0 Å². The van der Waals surface area contributed by atoms with Crippen LogP contribution in [0, 0.1) is 0 Å². The van der Waals surface area contributed by atoms with E-state index in [1.165, 1.54) is 12.8 Å². The van der Waals surface area contributed by atoms with Crippen LogP contribution in [0.1, 0.15) is 12.8 Å². The average molecular weight is 198 g/mol. The van der Waals surface area contributed by atoms with E-state index in [-0.39, 0.29) is 5.75 Å². The van der Waals surface area contributed by atoms with Crippen molar-refractivity contribution in [3.05, 3.63) is 23.2 Å². The molecule has 1 aliphatic heterocycles. The van der Waals surface area contributed by atoms with Crippen LogP contribution in [0.4, 0.5) is 5.69 Å². The van der Waals surface area contributed by atoms with Crippen LogP contribution in [0.15, 0.2) is 18.2 Å². The third-order valence-electron chi connectivity index (χ3n) is 2.38. The Kier molecular flexibility index (Phi) is 2.32. The molecule has 0 aliphatic carbocycles. The molecule has 0 atom stereocenters. The Morgan fingerprint density at radius 3 is 2.54 bits per heavy atom. The summed E-state index contributed by atoms with van der Waals surface area (Å²) in [5, 5.41) is 10.2. The molecule has 0 amide bonds. The summed E-state index contributed by atoms with van der Waals surface area (Å²) in [6, 6.07) is 5.28. The zero-order valence-electron chi connectivity index (χ0n) is 7.33. The van der Waals surface area contributed by atoms with Gasteiger partial charge in [-0.2, -0.15) is 0 Å². The number of phenolic OH excluding ortho intramolecular Hbond substituents is 1. The monoisotopic (exact) mass is 197 g/mol. The highest BCUT2D eigenvalue weighted by Crippen LogP contribution is 2.31. The Balaban J connectivity index is 2.29. The number of hydrogen-bond acceptors (Lipinski definition) is 2. The Hall–Kier alpha value is -0.890. The fourth-order valence-electron chi connectivity index (χ4n) is 1.72. The smallest absolute Gasteiger partial charge is 0.140 e. The van der Waals surface area contributed by atoms with Gasteiger partial charge in [0.2, 0.25) is 0 Å². The van der Waals surface area contributed by atoms with Gasteiger partial charge in [0.15, 0.2) is 0 Å². The molecule has 0 radical (unpaired) electrons. The first-order chi connectivity index (χ1) is 6.27. The van der Waals surface area contributed by atoms with E-state index < -0.39 is 0 Å². The minimum atomic E-state index is 0.286. The predicted octanol–water partition coefficient (Wildman–Crippen LogP) is 2.65. The van der Waals surface area contributed by atoms with Crippen molar-refractivity contribution in [2.24, 2.45) is 0 Å². The fraction of sp³-hybridized carbons (Fsp3) is 0.400. The first kappa shape index (κ1) is 8.70. The summed E-state index contributed by atoms with van der Waals surface area (Å²) in [5.74, 6) is 0.286. The highest BCUT2D eigenvalue weighted by Gasteiger charge is 2.15. The SMILES string of the molecule is Oc1cc(Cl)ccc1N1CCCC1. The first-order valence-electron chi connectivity index (χ1n) is 4.51. The topological polar surface area (TPSA) is 23.5 Å². The second kappa shape index (κ2) is 3.46. The summed E-state index contributed by atoms with van der Waals surface area (Å²) >= 11 is 5.75. The number of halogens is 1. The molecule has 1 saturated heterocycles. The van der Waals surface area contributed by atoms with Gasteiger partial charge in [-0.3, -0.25) is 0 Å². The van der Waals surface area contributed by atoms with Crippen molar-refractivity contribution in [1.82, 2.24) is 0 Å². The van der Waals surface area contributed by atoms with Gasteiger partial charge >= 0.3 is 0 Å². The van der Waals surface area contributed by atoms with Crippen LogP contribution >= 0.6 is 11.6 Å². The first-order valence-corrected chi connectivity index (χ1v) is 4.88. The molecule has 2 rings (SSSR count). The number of benzene rings is 1. The lowest BCUT2D eigenvalue weighted by molar-refractivity contribution is 0.475. The number of rotatable bonds is 1. The molecule has 0 aromatic heterocycles. The van der Waals surface area contributed by atoms with E-state index in [0.29, 0.717) is 5.02 Å². The van der Waals surface area contributed by atoms with Gasteiger partial charge in [0, 0.05) is 24.2 Å². The Bertz CT molecular complexity index is 308. The van der Waals surface area contributed by atoms with E-state index in [9.17, 15) is 5.11 Å². The van der Waals surface area contributed by atoms with Crippen LogP contribution in [-0.4, -0.2) is 18.2 Å². The van der Waals surface area contributed by atoms with Crippen molar-refractivity contribution in [3.8, 4) is 5.75 Å². The van der Waals surface area contributed by atoms with Gasteiger partial charge in [0.25, 0.3) is 0 Å². The zero-order chi connectivity index (χ0) is 9.26. The highest BCUT2D eigenvalue weighted by atomic mass is 35.5. The maximum atomic E-state index is 9.63. The molecule has 1 heterocycles. The summed E-state index contributed by atoms with van der Waals surface area (Å²) in [6.45, 7) is 2.07. The van der Waals surface area contributed by atoms with Crippen molar-refractivity contribution in [1.29, 1.82) is 0 Å². The van der Waals surface area contributed by atoms with E-state index in [1.807, 2.05) is 12.1 Å². The summed E-state index contributed by atoms with van der Waals surface area (Å²) in [7, 11) is 0. The van der Waals surface area contributed by atoms with Crippen LogP contribution in [0.3, 0.4) is 0 Å². The van der Waals surface area contributed by atoms with Crippen LogP contribution in [0.2, 0.25) is 5.02 Å². The standard InChI is InChI=1S/C10H12ClNO/c11-8-3-4-9(10(13)7-8)12-5-1-2-6-12/h3-4,7,13H,1-2,5-6H2. The highest BCUT2D eigenvalue weighted by molar-refractivity contribution is 6.30. The Labute approximate surface area is 82.7 Å². The molecule has 0 saturated carbocycles. The van der Waals surface area contributed by atoms with Crippen LogP contribution in [0.5, 0.6) is 5.75 Å². The van der Waals surface area contributed by atoms with Gasteiger partial charge < -0.3 is 10.0 Å².